The highest BCUT2D eigenvalue weighted by Crippen LogP contribution is 2.74. The number of rotatable bonds is 4. The molecule has 0 heterocycles. The molecule has 1 atom stereocenters. The van der Waals surface area contributed by atoms with Crippen LogP contribution in [0.15, 0.2) is 18.2 Å². The van der Waals surface area contributed by atoms with Gasteiger partial charge in [-0.3, -0.25) is 4.79 Å². The van der Waals surface area contributed by atoms with Crippen LogP contribution in [-0.2, 0) is 10.2 Å². The van der Waals surface area contributed by atoms with Crippen LogP contribution in [-0.4, -0.2) is 24.2 Å². The molecule has 3 fully saturated rings. The van der Waals surface area contributed by atoms with E-state index < -0.39 is 12.0 Å². The lowest BCUT2D eigenvalue weighted by atomic mass is 9.31. The van der Waals surface area contributed by atoms with Gasteiger partial charge in [-0.05, 0) is 47.8 Å². The molecule has 0 radical (unpaired) electrons. The molecule has 19 heavy (non-hydrogen) atoms. The van der Waals surface area contributed by atoms with Gasteiger partial charge >= 0.3 is 5.97 Å². The van der Waals surface area contributed by atoms with Gasteiger partial charge in [-0.15, -0.1) is 0 Å². The van der Waals surface area contributed by atoms with Crippen molar-refractivity contribution in [1.29, 1.82) is 0 Å². The Morgan fingerprint density at radius 3 is 2.63 bits per heavy atom. The number of aliphatic carboxylic acids is 1. The summed E-state index contributed by atoms with van der Waals surface area (Å²) in [5.41, 5.74) is 6.83. The van der Waals surface area contributed by atoms with E-state index in [1.165, 1.54) is 5.56 Å². The number of nitrogens with two attached hydrogens (primary N) is 1. The normalized spacial score (nSPS) is 33.0. The lowest BCUT2D eigenvalue weighted by Gasteiger charge is -2.72. The summed E-state index contributed by atoms with van der Waals surface area (Å²) in [7, 11) is 1.59. The zero-order chi connectivity index (χ0) is 13.8. The van der Waals surface area contributed by atoms with E-state index in [0.29, 0.717) is 10.8 Å². The second kappa shape index (κ2) is 3.87. The number of methoxy groups -OCH3 is 1. The Morgan fingerprint density at radius 2 is 2.11 bits per heavy atom. The molecule has 5 heteroatoms. The summed E-state index contributed by atoms with van der Waals surface area (Å²) in [6, 6.07) is 5.04. The minimum Gasteiger partial charge on any atom is -0.495 e. The molecule has 102 valence electrons. The standard InChI is InChI=1S/C14H16ClNO3/c1-19-10-4-8(2-3-9(10)15)13-5-14(6-13,7-13)11(16)12(17)18/h2-4,11H,5-7,16H2,1H3,(H,17,18). The van der Waals surface area contributed by atoms with E-state index >= 15 is 0 Å². The van der Waals surface area contributed by atoms with Crippen molar-refractivity contribution in [2.75, 3.05) is 7.11 Å². The number of halogens is 1. The highest BCUT2D eigenvalue weighted by atomic mass is 35.5. The maximum absolute atomic E-state index is 11.0. The largest absolute Gasteiger partial charge is 0.495 e. The van der Waals surface area contributed by atoms with Crippen LogP contribution in [0.4, 0.5) is 0 Å². The van der Waals surface area contributed by atoms with Gasteiger partial charge in [0.15, 0.2) is 0 Å². The molecule has 1 aromatic rings. The van der Waals surface area contributed by atoms with Crippen LogP contribution in [0.1, 0.15) is 24.8 Å². The van der Waals surface area contributed by atoms with Crippen LogP contribution in [0.25, 0.3) is 0 Å². The molecule has 4 nitrogen and oxygen atoms in total. The van der Waals surface area contributed by atoms with Crippen molar-refractivity contribution in [1.82, 2.24) is 0 Å². The van der Waals surface area contributed by atoms with Crippen LogP contribution in [0.5, 0.6) is 5.75 Å². The Labute approximate surface area is 116 Å². The monoisotopic (exact) mass is 281 g/mol. The van der Waals surface area contributed by atoms with Crippen molar-refractivity contribution in [2.24, 2.45) is 11.1 Å². The van der Waals surface area contributed by atoms with Crippen LogP contribution in [0.3, 0.4) is 0 Å². The van der Waals surface area contributed by atoms with E-state index in [-0.39, 0.29) is 10.8 Å². The van der Waals surface area contributed by atoms with Gasteiger partial charge in [-0.25, -0.2) is 0 Å². The SMILES string of the molecule is COc1cc(C23CC(C(N)C(=O)O)(C2)C3)ccc1Cl. The van der Waals surface area contributed by atoms with E-state index in [0.717, 1.165) is 19.3 Å². The van der Waals surface area contributed by atoms with E-state index in [1.807, 2.05) is 18.2 Å². The molecular weight excluding hydrogens is 266 g/mol. The molecule has 0 aliphatic heterocycles. The van der Waals surface area contributed by atoms with Crippen LogP contribution in [0.2, 0.25) is 5.02 Å². The van der Waals surface area contributed by atoms with Gasteiger partial charge in [0.2, 0.25) is 0 Å². The van der Waals surface area contributed by atoms with Crippen molar-refractivity contribution >= 4 is 17.6 Å². The molecule has 3 aliphatic rings. The average Bonchev–Trinajstić information content (AvgIpc) is 2.27. The van der Waals surface area contributed by atoms with E-state index in [4.69, 9.17) is 27.2 Å². The molecular formula is C14H16ClNO3. The topological polar surface area (TPSA) is 72.5 Å². The highest BCUT2D eigenvalue weighted by Gasteiger charge is 2.71. The Bertz CT molecular complexity index is 538. The minimum absolute atomic E-state index is 0.0882. The van der Waals surface area contributed by atoms with E-state index in [9.17, 15) is 4.79 Å². The average molecular weight is 282 g/mol. The zero-order valence-electron chi connectivity index (χ0n) is 10.6. The summed E-state index contributed by atoms with van der Waals surface area (Å²) in [5, 5.41) is 9.61. The van der Waals surface area contributed by atoms with Gasteiger partial charge < -0.3 is 15.6 Å². The third kappa shape index (κ3) is 1.60. The summed E-state index contributed by atoms with van der Waals surface area (Å²) in [6.07, 6.45) is 2.54. The Balaban J connectivity index is 1.80. The van der Waals surface area contributed by atoms with Crippen LogP contribution >= 0.6 is 11.6 Å². The predicted molar refractivity (Wildman–Crippen MR) is 71.6 cm³/mol. The Morgan fingerprint density at radius 1 is 1.47 bits per heavy atom. The molecule has 3 N–H and O–H groups in total. The second-order valence-corrected chi connectivity index (χ2v) is 6.25. The maximum Gasteiger partial charge on any atom is 0.321 e. The molecule has 3 aliphatic carbocycles. The van der Waals surface area contributed by atoms with Crippen LogP contribution < -0.4 is 10.5 Å². The molecule has 0 aromatic heterocycles. The van der Waals surface area contributed by atoms with Gasteiger partial charge in [-0.1, -0.05) is 17.7 Å². The van der Waals surface area contributed by atoms with Gasteiger partial charge in [0, 0.05) is 0 Å². The first-order valence-electron chi connectivity index (χ1n) is 6.25. The summed E-state index contributed by atoms with van der Waals surface area (Å²) < 4.78 is 5.23. The molecule has 1 unspecified atom stereocenters. The fraction of sp³-hybridized carbons (Fsp3) is 0.500. The molecule has 3 saturated carbocycles. The lowest BCUT2D eigenvalue weighted by Crippen LogP contribution is -2.72. The molecule has 0 saturated heterocycles. The predicted octanol–water partition coefficient (Wildman–Crippen LogP) is 2.18. The van der Waals surface area contributed by atoms with Gasteiger partial charge in [-0.2, -0.15) is 0 Å². The number of ether oxygens (including phenoxy) is 1. The van der Waals surface area contributed by atoms with Gasteiger partial charge in [0.05, 0.1) is 12.1 Å². The van der Waals surface area contributed by atoms with Gasteiger partial charge in [0.1, 0.15) is 11.8 Å². The van der Waals surface area contributed by atoms with Crippen molar-refractivity contribution in [3.8, 4) is 5.75 Å². The third-order valence-electron chi connectivity index (χ3n) is 4.76. The molecule has 4 rings (SSSR count). The summed E-state index contributed by atoms with van der Waals surface area (Å²) in [6.45, 7) is 0. The lowest BCUT2D eigenvalue weighted by molar-refractivity contribution is -0.178. The number of benzene rings is 1. The van der Waals surface area contributed by atoms with E-state index in [1.54, 1.807) is 7.11 Å². The first-order valence-corrected chi connectivity index (χ1v) is 6.63. The quantitative estimate of drug-likeness (QED) is 0.887. The number of hydrogen-bond donors (Lipinski definition) is 2. The summed E-state index contributed by atoms with van der Waals surface area (Å²) in [4.78, 5) is 11.0. The highest BCUT2D eigenvalue weighted by molar-refractivity contribution is 6.32. The Hall–Kier alpha value is -1.26. The first-order chi connectivity index (χ1) is 8.92. The number of carboxylic acids is 1. The molecule has 0 amide bonds. The van der Waals surface area contributed by atoms with Crippen molar-refractivity contribution in [3.05, 3.63) is 28.8 Å². The molecule has 2 bridgehead atoms. The van der Waals surface area contributed by atoms with Gasteiger partial charge in [0.25, 0.3) is 0 Å². The van der Waals surface area contributed by atoms with Crippen molar-refractivity contribution < 1.29 is 14.6 Å². The fourth-order valence-corrected chi connectivity index (χ4v) is 3.95. The molecule has 0 spiro atoms. The number of hydrogen-bond acceptors (Lipinski definition) is 3. The number of carbonyl (C=O) groups is 1. The van der Waals surface area contributed by atoms with Crippen LogP contribution in [0, 0.1) is 5.41 Å². The third-order valence-corrected chi connectivity index (χ3v) is 5.07. The first kappa shape index (κ1) is 12.8. The zero-order valence-corrected chi connectivity index (χ0v) is 11.4. The molecule has 1 aromatic carbocycles. The Kier molecular flexibility index (Phi) is 2.60. The summed E-state index contributed by atoms with van der Waals surface area (Å²) in [5.74, 6) is -0.234. The fourth-order valence-electron chi connectivity index (χ4n) is 3.75. The van der Waals surface area contributed by atoms with E-state index in [2.05, 4.69) is 0 Å². The smallest absolute Gasteiger partial charge is 0.321 e. The van der Waals surface area contributed by atoms with Crippen molar-refractivity contribution in [3.63, 3.8) is 0 Å². The second-order valence-electron chi connectivity index (χ2n) is 5.84. The van der Waals surface area contributed by atoms with Crippen molar-refractivity contribution in [2.45, 2.75) is 30.7 Å². The maximum atomic E-state index is 11.0. The minimum atomic E-state index is -0.901. The summed E-state index contributed by atoms with van der Waals surface area (Å²) >= 11 is 6.02. The number of carboxylic acid groups (broad SMARTS) is 1.